The molecule has 0 aromatic heterocycles. The van der Waals surface area contributed by atoms with E-state index in [2.05, 4.69) is 0 Å². The highest BCUT2D eigenvalue weighted by molar-refractivity contribution is 6.05. The molecule has 0 radical (unpaired) electrons. The summed E-state index contributed by atoms with van der Waals surface area (Å²) >= 11 is 0. The average Bonchev–Trinajstić information content (AvgIpc) is 2.53. The van der Waals surface area contributed by atoms with Crippen molar-refractivity contribution < 1.29 is 38.8 Å². The van der Waals surface area contributed by atoms with Crippen molar-refractivity contribution in [3.05, 3.63) is 0 Å². The number of carboxylic acids is 2. The molecule has 4 fully saturated rings. The third-order valence-corrected chi connectivity index (χ3v) is 6.31. The Bertz CT molecular complexity index is 543. The second-order valence-corrected chi connectivity index (χ2v) is 7.50. The molecule has 2 atom stereocenters. The number of rotatable bonds is 8. The first-order valence-corrected chi connectivity index (χ1v) is 8.59. The van der Waals surface area contributed by atoms with E-state index < -0.39 is 34.7 Å². The summed E-state index contributed by atoms with van der Waals surface area (Å²) in [6, 6.07) is 0. The van der Waals surface area contributed by atoms with Crippen LogP contribution in [0.15, 0.2) is 0 Å². The highest BCUT2D eigenvalue weighted by atomic mass is 16.7. The van der Waals surface area contributed by atoms with Gasteiger partial charge in [0.15, 0.2) is 12.2 Å². The number of methoxy groups -OCH3 is 1. The zero-order chi connectivity index (χ0) is 18.2. The van der Waals surface area contributed by atoms with Crippen LogP contribution >= 0.6 is 0 Å². The zero-order valence-corrected chi connectivity index (χ0v) is 14.2. The summed E-state index contributed by atoms with van der Waals surface area (Å²) in [6.45, 7) is 0.232. The van der Waals surface area contributed by atoms with E-state index in [4.69, 9.17) is 14.2 Å². The fourth-order valence-corrected chi connectivity index (χ4v) is 5.65. The number of carbonyl (C=O) groups excluding carboxylic acids is 1. The molecule has 8 heteroatoms. The summed E-state index contributed by atoms with van der Waals surface area (Å²) in [6.07, 6.45) is 2.55. The molecule has 4 bridgehead atoms. The highest BCUT2D eigenvalue weighted by Crippen LogP contribution is 2.69. The van der Waals surface area contributed by atoms with E-state index in [0.717, 1.165) is 6.42 Å². The normalized spacial score (nSPS) is 34.7. The molecule has 0 saturated heterocycles. The molecule has 0 aromatic rings. The lowest BCUT2D eigenvalue weighted by molar-refractivity contribution is -0.230. The van der Waals surface area contributed by atoms with Crippen LogP contribution in [0.2, 0.25) is 0 Å². The van der Waals surface area contributed by atoms with Gasteiger partial charge in [0, 0.05) is 7.11 Å². The van der Waals surface area contributed by atoms with Crippen LogP contribution < -0.4 is 0 Å². The molecule has 4 aliphatic rings. The van der Waals surface area contributed by atoms with Gasteiger partial charge in [0.05, 0.1) is 18.6 Å². The minimum Gasteiger partial charge on any atom is -0.480 e. The Kier molecular flexibility index (Phi) is 4.76. The Morgan fingerprint density at radius 2 is 1.60 bits per heavy atom. The first-order chi connectivity index (χ1) is 11.9. The van der Waals surface area contributed by atoms with Gasteiger partial charge in [-0.05, 0) is 49.9 Å². The number of hydrogen-bond acceptors (Lipinski definition) is 6. The molecular formula is C17H24O8. The van der Waals surface area contributed by atoms with E-state index in [-0.39, 0.29) is 38.1 Å². The van der Waals surface area contributed by atoms with Crippen molar-refractivity contribution in [2.24, 2.45) is 28.6 Å². The lowest BCUT2D eigenvalue weighted by Crippen LogP contribution is -2.69. The second kappa shape index (κ2) is 6.57. The summed E-state index contributed by atoms with van der Waals surface area (Å²) < 4.78 is 15.1. The van der Waals surface area contributed by atoms with Crippen molar-refractivity contribution in [3.8, 4) is 0 Å². The van der Waals surface area contributed by atoms with Gasteiger partial charge in [-0.2, -0.15) is 0 Å². The zero-order valence-electron chi connectivity index (χ0n) is 14.2. The summed E-state index contributed by atoms with van der Waals surface area (Å²) in [7, 11) is 1.51. The topological polar surface area (TPSA) is 119 Å². The molecule has 2 N–H and O–H groups in total. The molecule has 25 heavy (non-hydrogen) atoms. The number of carbonyl (C=O) groups is 3. The molecule has 4 rings (SSSR count). The van der Waals surface area contributed by atoms with Gasteiger partial charge in [-0.1, -0.05) is 0 Å². The molecule has 0 heterocycles. The highest BCUT2D eigenvalue weighted by Gasteiger charge is 2.76. The Morgan fingerprint density at radius 1 is 1.00 bits per heavy atom. The van der Waals surface area contributed by atoms with Gasteiger partial charge in [0.2, 0.25) is 0 Å². The van der Waals surface area contributed by atoms with E-state index in [1.807, 2.05) is 0 Å². The second-order valence-electron chi connectivity index (χ2n) is 7.50. The number of aliphatic carboxylic acids is 2. The van der Waals surface area contributed by atoms with E-state index in [9.17, 15) is 24.6 Å². The predicted molar refractivity (Wildman–Crippen MR) is 82.5 cm³/mol. The summed E-state index contributed by atoms with van der Waals surface area (Å²) in [4.78, 5) is 37.2. The summed E-state index contributed by atoms with van der Waals surface area (Å²) in [5.41, 5.74) is -3.62. The average molecular weight is 356 g/mol. The minimum absolute atomic E-state index is 0.186. The van der Waals surface area contributed by atoms with Gasteiger partial charge >= 0.3 is 17.9 Å². The Morgan fingerprint density at radius 3 is 2.12 bits per heavy atom. The van der Waals surface area contributed by atoms with Crippen LogP contribution in [0.25, 0.3) is 0 Å². The van der Waals surface area contributed by atoms with E-state index >= 15 is 0 Å². The smallest absolute Gasteiger partial charge is 0.322 e. The Labute approximate surface area is 145 Å². The molecule has 0 aromatic carbocycles. The Hall–Kier alpha value is -1.67. The van der Waals surface area contributed by atoms with E-state index in [1.54, 1.807) is 0 Å². The van der Waals surface area contributed by atoms with E-state index in [1.165, 1.54) is 7.11 Å². The van der Waals surface area contributed by atoms with Crippen molar-refractivity contribution in [3.63, 3.8) is 0 Å². The van der Waals surface area contributed by atoms with Crippen molar-refractivity contribution in [1.29, 1.82) is 0 Å². The number of carboxylic acid groups (broad SMARTS) is 2. The van der Waals surface area contributed by atoms with Gasteiger partial charge in [-0.15, -0.1) is 0 Å². The largest absolute Gasteiger partial charge is 0.480 e. The fourth-order valence-electron chi connectivity index (χ4n) is 5.65. The van der Waals surface area contributed by atoms with Gasteiger partial charge in [0.1, 0.15) is 0 Å². The third-order valence-electron chi connectivity index (χ3n) is 6.31. The number of esters is 1. The predicted octanol–water partition coefficient (Wildman–Crippen LogP) is 1.13. The standard InChI is InChI=1S/C17H24O8/c1-23-2-3-24-9-25-15(22)16-7-10-4-11(8-16)6-12(5-10)17(16,13(18)19)14(20)21/h10-12H,2-9H2,1H3,(H,18,19)(H,20,21). The number of ether oxygens (including phenoxy) is 3. The van der Waals surface area contributed by atoms with Crippen molar-refractivity contribution in [2.45, 2.75) is 32.1 Å². The van der Waals surface area contributed by atoms with Crippen LogP contribution in [-0.4, -0.2) is 55.2 Å². The van der Waals surface area contributed by atoms with Gasteiger partial charge in [-0.25, -0.2) is 0 Å². The molecule has 4 aliphatic carbocycles. The monoisotopic (exact) mass is 356 g/mol. The van der Waals surface area contributed by atoms with Crippen LogP contribution in [0.3, 0.4) is 0 Å². The van der Waals surface area contributed by atoms with Crippen molar-refractivity contribution in [1.82, 2.24) is 0 Å². The van der Waals surface area contributed by atoms with Crippen LogP contribution in [0.5, 0.6) is 0 Å². The summed E-state index contributed by atoms with van der Waals surface area (Å²) in [5.74, 6) is -3.77. The van der Waals surface area contributed by atoms with Crippen LogP contribution in [0.4, 0.5) is 0 Å². The lowest BCUT2D eigenvalue weighted by atomic mass is 9.38. The molecule has 4 saturated carbocycles. The number of hydrogen-bond donors (Lipinski definition) is 2. The Balaban J connectivity index is 1.88. The quantitative estimate of drug-likeness (QED) is 0.287. The lowest BCUT2D eigenvalue weighted by Gasteiger charge is -2.62. The van der Waals surface area contributed by atoms with Gasteiger partial charge in [-0.3, -0.25) is 14.4 Å². The van der Waals surface area contributed by atoms with E-state index in [0.29, 0.717) is 19.4 Å². The molecule has 2 unspecified atom stereocenters. The van der Waals surface area contributed by atoms with Gasteiger partial charge in [0.25, 0.3) is 0 Å². The first-order valence-electron chi connectivity index (χ1n) is 8.59. The fraction of sp³-hybridized carbons (Fsp3) is 0.824. The molecule has 0 amide bonds. The first kappa shape index (κ1) is 18.1. The van der Waals surface area contributed by atoms with Crippen molar-refractivity contribution in [2.75, 3.05) is 27.1 Å². The molecule has 0 aliphatic heterocycles. The molecular weight excluding hydrogens is 332 g/mol. The van der Waals surface area contributed by atoms with Crippen LogP contribution in [-0.2, 0) is 28.6 Å². The molecule has 140 valence electrons. The maximum atomic E-state index is 12.9. The SMILES string of the molecule is COCCOCOC(=O)C12CC3CC(CC(C3)C1(C(=O)O)C(=O)O)C2. The van der Waals surface area contributed by atoms with Crippen LogP contribution in [0, 0.1) is 28.6 Å². The van der Waals surface area contributed by atoms with Crippen molar-refractivity contribution >= 4 is 17.9 Å². The van der Waals surface area contributed by atoms with Crippen LogP contribution in [0.1, 0.15) is 32.1 Å². The maximum absolute atomic E-state index is 12.9. The summed E-state index contributed by atoms with van der Waals surface area (Å²) in [5, 5.41) is 19.8. The molecule has 0 spiro atoms. The third kappa shape index (κ3) is 2.54. The minimum atomic E-state index is -2.11. The van der Waals surface area contributed by atoms with Gasteiger partial charge < -0.3 is 24.4 Å². The maximum Gasteiger partial charge on any atom is 0.322 e. The molecule has 8 nitrogen and oxygen atoms in total.